The molecule has 2 heterocycles. The lowest BCUT2D eigenvalue weighted by Crippen LogP contribution is -2.51. The third-order valence-corrected chi connectivity index (χ3v) is 9.66. The van der Waals surface area contributed by atoms with Gasteiger partial charge in [-0.2, -0.15) is 8.61 Å². The largest absolute Gasteiger partial charge is 0.379 e. The van der Waals surface area contributed by atoms with Crippen molar-refractivity contribution in [2.75, 3.05) is 37.4 Å². The number of rotatable bonds is 6. The fraction of sp³-hybridized carbons (Fsp3) is 0.409. The van der Waals surface area contributed by atoms with Crippen LogP contribution in [0.15, 0.2) is 53.4 Å². The number of benzene rings is 2. The minimum Gasteiger partial charge on any atom is -0.379 e. The molecular formula is C22H27N3O6S2. The van der Waals surface area contributed by atoms with E-state index in [9.17, 15) is 21.6 Å². The van der Waals surface area contributed by atoms with E-state index in [1.165, 1.54) is 20.7 Å². The Kier molecular flexibility index (Phi) is 6.87. The predicted octanol–water partition coefficient (Wildman–Crippen LogP) is 1.42. The zero-order chi connectivity index (χ0) is 23.6. The maximum atomic E-state index is 13.2. The molecule has 0 radical (unpaired) electrons. The Hall–Kier alpha value is -2.31. The normalized spacial score (nSPS) is 20.2. The highest BCUT2D eigenvalue weighted by molar-refractivity contribution is 7.89. The predicted molar refractivity (Wildman–Crippen MR) is 124 cm³/mol. The number of amides is 1. The standard InChI is InChI=1S/C22H27N3O6S2/c1-2-32(27,28)25-16-18-7-4-3-6-17(18)14-21(25)22(26)23-19-8-5-9-20(15-19)33(29,30)24-10-12-31-13-11-24/h3-9,15,21H,2,10-14,16H2,1H3,(H,23,26)/t21-/m1/s1. The summed E-state index contributed by atoms with van der Waals surface area (Å²) in [6.07, 6.45) is 0.243. The number of nitrogens with zero attached hydrogens (tertiary/aromatic N) is 2. The highest BCUT2D eigenvalue weighted by Gasteiger charge is 2.38. The van der Waals surface area contributed by atoms with Crippen molar-refractivity contribution in [1.29, 1.82) is 0 Å². The minimum atomic E-state index is -3.73. The average molecular weight is 494 g/mol. The Morgan fingerprint density at radius 3 is 2.42 bits per heavy atom. The molecule has 2 aliphatic heterocycles. The Labute approximate surface area is 194 Å². The lowest BCUT2D eigenvalue weighted by atomic mass is 9.95. The zero-order valence-electron chi connectivity index (χ0n) is 18.3. The van der Waals surface area contributed by atoms with Gasteiger partial charge >= 0.3 is 0 Å². The molecule has 1 atom stereocenters. The summed E-state index contributed by atoms with van der Waals surface area (Å²) < 4.78 is 59.2. The highest BCUT2D eigenvalue weighted by atomic mass is 32.2. The molecule has 1 saturated heterocycles. The summed E-state index contributed by atoms with van der Waals surface area (Å²) in [5.41, 5.74) is 2.09. The first-order valence-electron chi connectivity index (χ1n) is 10.8. The summed E-state index contributed by atoms with van der Waals surface area (Å²) in [6.45, 7) is 2.87. The van der Waals surface area contributed by atoms with E-state index in [0.717, 1.165) is 11.1 Å². The van der Waals surface area contributed by atoms with Crippen LogP contribution in [0.25, 0.3) is 0 Å². The molecule has 2 aliphatic rings. The molecule has 1 N–H and O–H groups in total. The van der Waals surface area contributed by atoms with Crippen molar-refractivity contribution in [2.45, 2.75) is 30.8 Å². The van der Waals surface area contributed by atoms with E-state index in [0.29, 0.717) is 18.9 Å². The van der Waals surface area contributed by atoms with Crippen molar-refractivity contribution in [3.8, 4) is 0 Å². The molecule has 1 fully saturated rings. The molecule has 178 valence electrons. The maximum Gasteiger partial charge on any atom is 0.243 e. The molecule has 2 aromatic carbocycles. The number of ether oxygens (including phenoxy) is 1. The molecule has 0 aromatic heterocycles. The Bertz CT molecular complexity index is 1240. The van der Waals surface area contributed by atoms with E-state index < -0.39 is 32.0 Å². The average Bonchev–Trinajstić information content (AvgIpc) is 2.84. The maximum absolute atomic E-state index is 13.2. The van der Waals surface area contributed by atoms with Crippen LogP contribution >= 0.6 is 0 Å². The lowest BCUT2D eigenvalue weighted by molar-refractivity contribution is -0.120. The SMILES string of the molecule is CCS(=O)(=O)N1Cc2ccccc2C[C@@H]1C(=O)Nc1cccc(S(=O)(=O)N2CCOCC2)c1. The smallest absolute Gasteiger partial charge is 0.243 e. The van der Waals surface area contributed by atoms with Crippen molar-refractivity contribution in [3.05, 3.63) is 59.7 Å². The molecule has 0 saturated carbocycles. The van der Waals surface area contributed by atoms with Gasteiger partial charge in [-0.15, -0.1) is 0 Å². The lowest BCUT2D eigenvalue weighted by Gasteiger charge is -2.34. The van der Waals surface area contributed by atoms with Crippen molar-refractivity contribution in [2.24, 2.45) is 0 Å². The molecule has 0 aliphatic carbocycles. The molecular weight excluding hydrogens is 466 g/mol. The van der Waals surface area contributed by atoms with Gasteiger partial charge in [0, 0.05) is 25.3 Å². The number of morpholine rings is 1. The first kappa shape index (κ1) is 23.8. The van der Waals surface area contributed by atoms with Crippen LogP contribution < -0.4 is 5.32 Å². The highest BCUT2D eigenvalue weighted by Crippen LogP contribution is 2.27. The fourth-order valence-corrected chi connectivity index (χ4v) is 6.76. The first-order valence-corrected chi connectivity index (χ1v) is 13.8. The van der Waals surface area contributed by atoms with Gasteiger partial charge in [-0.3, -0.25) is 4.79 Å². The van der Waals surface area contributed by atoms with Gasteiger partial charge in [-0.1, -0.05) is 30.3 Å². The number of carbonyl (C=O) groups is 1. The van der Waals surface area contributed by atoms with Gasteiger partial charge in [-0.05, 0) is 42.7 Å². The van der Waals surface area contributed by atoms with Gasteiger partial charge < -0.3 is 10.1 Å². The molecule has 33 heavy (non-hydrogen) atoms. The number of hydrogen-bond donors (Lipinski definition) is 1. The number of nitrogens with one attached hydrogen (secondary N) is 1. The van der Waals surface area contributed by atoms with E-state index in [1.807, 2.05) is 24.3 Å². The molecule has 9 nitrogen and oxygen atoms in total. The van der Waals surface area contributed by atoms with E-state index in [2.05, 4.69) is 5.32 Å². The summed E-state index contributed by atoms with van der Waals surface area (Å²) in [6, 6.07) is 12.6. The second-order valence-electron chi connectivity index (χ2n) is 7.97. The molecule has 2 aromatic rings. The van der Waals surface area contributed by atoms with Gasteiger partial charge in [0.15, 0.2) is 0 Å². The second kappa shape index (κ2) is 9.51. The van der Waals surface area contributed by atoms with Crippen molar-refractivity contribution in [3.63, 3.8) is 0 Å². The van der Waals surface area contributed by atoms with Gasteiger partial charge in [0.25, 0.3) is 0 Å². The van der Waals surface area contributed by atoms with Crippen LogP contribution in [0, 0.1) is 0 Å². The first-order chi connectivity index (χ1) is 15.7. The van der Waals surface area contributed by atoms with Crippen molar-refractivity contribution >= 4 is 31.6 Å². The van der Waals surface area contributed by atoms with E-state index in [-0.39, 0.29) is 36.7 Å². The van der Waals surface area contributed by atoms with Crippen LogP contribution in [-0.2, 0) is 42.5 Å². The number of carbonyl (C=O) groups excluding carboxylic acids is 1. The van der Waals surface area contributed by atoms with Crippen molar-refractivity contribution in [1.82, 2.24) is 8.61 Å². The summed E-state index contributed by atoms with van der Waals surface area (Å²) in [5.74, 6) is -0.617. The summed E-state index contributed by atoms with van der Waals surface area (Å²) in [4.78, 5) is 13.3. The van der Waals surface area contributed by atoms with Crippen LogP contribution in [0.1, 0.15) is 18.1 Å². The number of hydrogen-bond acceptors (Lipinski definition) is 6. The van der Waals surface area contributed by atoms with Crippen LogP contribution in [0.2, 0.25) is 0 Å². The number of fused-ring (bicyclic) bond motifs is 1. The van der Waals surface area contributed by atoms with Gasteiger partial charge in [0.05, 0.1) is 23.9 Å². The Balaban J connectivity index is 1.59. The quantitative estimate of drug-likeness (QED) is 0.651. The monoisotopic (exact) mass is 493 g/mol. The summed E-state index contributed by atoms with van der Waals surface area (Å²) >= 11 is 0. The van der Waals surface area contributed by atoms with Crippen LogP contribution in [-0.4, -0.2) is 69.5 Å². The van der Waals surface area contributed by atoms with Crippen LogP contribution in [0.4, 0.5) is 5.69 Å². The van der Waals surface area contributed by atoms with Gasteiger partial charge in [-0.25, -0.2) is 16.8 Å². The zero-order valence-corrected chi connectivity index (χ0v) is 19.9. The molecule has 1 amide bonds. The van der Waals surface area contributed by atoms with Gasteiger partial charge in [0.1, 0.15) is 6.04 Å². The third kappa shape index (κ3) is 4.97. The minimum absolute atomic E-state index is 0.0641. The Morgan fingerprint density at radius 1 is 1.03 bits per heavy atom. The van der Waals surface area contributed by atoms with Crippen molar-refractivity contribution < 1.29 is 26.4 Å². The molecule has 0 unspecified atom stereocenters. The molecule has 11 heteroatoms. The molecule has 4 rings (SSSR count). The second-order valence-corrected chi connectivity index (χ2v) is 12.1. The van der Waals surface area contributed by atoms with Crippen LogP contribution in [0.5, 0.6) is 0 Å². The van der Waals surface area contributed by atoms with E-state index in [1.54, 1.807) is 19.1 Å². The summed E-state index contributed by atoms with van der Waals surface area (Å²) in [5, 5.41) is 2.73. The van der Waals surface area contributed by atoms with Gasteiger partial charge in [0.2, 0.25) is 26.0 Å². The fourth-order valence-electron chi connectivity index (χ4n) is 4.08. The van der Waals surface area contributed by atoms with E-state index in [4.69, 9.17) is 4.74 Å². The molecule has 0 spiro atoms. The Morgan fingerprint density at radius 2 is 1.73 bits per heavy atom. The molecule has 0 bridgehead atoms. The van der Waals surface area contributed by atoms with Crippen LogP contribution in [0.3, 0.4) is 0 Å². The number of anilines is 1. The van der Waals surface area contributed by atoms with E-state index >= 15 is 0 Å². The number of sulfonamides is 2. The topological polar surface area (TPSA) is 113 Å². The third-order valence-electron chi connectivity index (χ3n) is 5.94. The summed E-state index contributed by atoms with van der Waals surface area (Å²) in [7, 11) is -7.37.